The van der Waals surface area contributed by atoms with Gasteiger partial charge in [0.05, 0.1) is 13.2 Å². The van der Waals surface area contributed by atoms with Gasteiger partial charge in [0, 0.05) is 36.0 Å². The van der Waals surface area contributed by atoms with Crippen molar-refractivity contribution in [3.05, 3.63) is 78.5 Å². The van der Waals surface area contributed by atoms with E-state index in [-0.39, 0.29) is 24.9 Å². The zero-order valence-corrected chi connectivity index (χ0v) is 20.5. The number of benzene rings is 2. The molecule has 0 bridgehead atoms. The van der Waals surface area contributed by atoms with Gasteiger partial charge in [-0.15, -0.1) is 0 Å². The van der Waals surface area contributed by atoms with Crippen molar-refractivity contribution in [2.24, 2.45) is 11.8 Å². The first-order valence-electron chi connectivity index (χ1n) is 11.5. The SMILES string of the molecule is C=C(CO)C(C)C(=C)NCC(C)CC.CC(=O)c1ccc(-c2ccc(NCCO)cc2)cc1. The second-order valence-electron chi connectivity index (χ2n) is 8.32. The summed E-state index contributed by atoms with van der Waals surface area (Å²) in [5.74, 6) is 0.875. The molecule has 2 aromatic rings. The maximum atomic E-state index is 11.2. The summed E-state index contributed by atoms with van der Waals surface area (Å²) in [6.45, 7) is 17.3. The Kier molecular flexibility index (Phi) is 12.8. The van der Waals surface area contributed by atoms with E-state index in [1.54, 1.807) is 6.92 Å². The average molecular weight is 453 g/mol. The summed E-state index contributed by atoms with van der Waals surface area (Å²) in [6, 6.07) is 15.6. The van der Waals surface area contributed by atoms with E-state index in [0.29, 0.717) is 12.5 Å². The first-order chi connectivity index (χ1) is 15.7. The molecule has 0 aliphatic heterocycles. The second-order valence-corrected chi connectivity index (χ2v) is 8.32. The lowest BCUT2D eigenvalue weighted by Gasteiger charge is -2.19. The molecule has 5 heteroatoms. The van der Waals surface area contributed by atoms with Gasteiger partial charge in [-0.1, -0.05) is 76.7 Å². The number of nitrogens with one attached hydrogen (secondary N) is 2. The van der Waals surface area contributed by atoms with Crippen molar-refractivity contribution in [1.29, 1.82) is 0 Å². The Labute approximate surface area is 199 Å². The van der Waals surface area contributed by atoms with Gasteiger partial charge >= 0.3 is 0 Å². The largest absolute Gasteiger partial charge is 0.395 e. The summed E-state index contributed by atoms with van der Waals surface area (Å²) >= 11 is 0. The Morgan fingerprint density at radius 3 is 1.97 bits per heavy atom. The zero-order valence-electron chi connectivity index (χ0n) is 20.5. The Balaban J connectivity index is 0.000000349. The van der Waals surface area contributed by atoms with Crippen LogP contribution in [0.5, 0.6) is 0 Å². The third kappa shape index (κ3) is 10.1. The Bertz CT molecular complexity index is 873. The van der Waals surface area contributed by atoms with Gasteiger partial charge in [0.15, 0.2) is 5.78 Å². The number of ketones is 1. The van der Waals surface area contributed by atoms with Crippen LogP contribution in [0.25, 0.3) is 11.1 Å². The zero-order chi connectivity index (χ0) is 24.8. The number of hydrogen-bond acceptors (Lipinski definition) is 5. The second kappa shape index (κ2) is 15.0. The Hall–Kier alpha value is -2.89. The van der Waals surface area contributed by atoms with Crippen LogP contribution in [0.2, 0.25) is 0 Å². The van der Waals surface area contributed by atoms with Gasteiger partial charge in [-0.05, 0) is 41.7 Å². The fourth-order valence-corrected chi connectivity index (χ4v) is 2.86. The summed E-state index contributed by atoms with van der Waals surface area (Å²) < 4.78 is 0. The highest BCUT2D eigenvalue weighted by Crippen LogP contribution is 2.22. The topological polar surface area (TPSA) is 81.6 Å². The molecule has 33 heavy (non-hydrogen) atoms. The molecule has 0 saturated carbocycles. The van der Waals surface area contributed by atoms with Crippen molar-refractivity contribution in [3.8, 4) is 11.1 Å². The van der Waals surface area contributed by atoms with E-state index < -0.39 is 0 Å². The fourth-order valence-electron chi connectivity index (χ4n) is 2.86. The van der Waals surface area contributed by atoms with Crippen molar-refractivity contribution >= 4 is 11.5 Å². The van der Waals surface area contributed by atoms with Gasteiger partial charge in [0.2, 0.25) is 0 Å². The summed E-state index contributed by atoms with van der Waals surface area (Å²) in [6.07, 6.45) is 1.16. The van der Waals surface area contributed by atoms with Gasteiger partial charge in [-0.25, -0.2) is 0 Å². The van der Waals surface area contributed by atoms with Gasteiger partial charge in [0.1, 0.15) is 0 Å². The van der Waals surface area contributed by atoms with Gasteiger partial charge in [0.25, 0.3) is 0 Å². The van der Waals surface area contributed by atoms with Crippen LogP contribution in [0.1, 0.15) is 44.5 Å². The van der Waals surface area contributed by atoms with Crippen LogP contribution in [-0.2, 0) is 0 Å². The van der Waals surface area contributed by atoms with E-state index in [0.717, 1.165) is 46.6 Å². The minimum absolute atomic E-state index is 0.0329. The number of aliphatic hydroxyl groups excluding tert-OH is 2. The van der Waals surface area contributed by atoms with Crippen molar-refractivity contribution in [2.45, 2.75) is 34.1 Å². The first-order valence-corrected chi connectivity index (χ1v) is 11.5. The monoisotopic (exact) mass is 452 g/mol. The molecule has 0 aliphatic rings. The number of Topliss-reactive ketones (excluding diaryl/α,β-unsaturated/α-hetero) is 1. The number of aliphatic hydroxyl groups is 2. The van der Waals surface area contributed by atoms with E-state index in [2.05, 4.69) is 37.6 Å². The van der Waals surface area contributed by atoms with Crippen LogP contribution in [0.15, 0.2) is 73.0 Å². The lowest BCUT2D eigenvalue weighted by molar-refractivity contribution is 0.101. The van der Waals surface area contributed by atoms with E-state index in [4.69, 9.17) is 10.2 Å². The molecule has 0 saturated heterocycles. The quantitative estimate of drug-likeness (QED) is 0.260. The smallest absolute Gasteiger partial charge is 0.159 e. The number of anilines is 1. The highest BCUT2D eigenvalue weighted by Gasteiger charge is 2.10. The minimum atomic E-state index is 0.0329. The molecule has 0 amide bonds. The highest BCUT2D eigenvalue weighted by atomic mass is 16.3. The first kappa shape index (κ1) is 28.1. The molecule has 180 valence electrons. The van der Waals surface area contributed by atoms with E-state index >= 15 is 0 Å². The fraction of sp³-hybridized carbons (Fsp3) is 0.393. The van der Waals surface area contributed by atoms with Crippen LogP contribution in [0.3, 0.4) is 0 Å². The number of hydrogen-bond donors (Lipinski definition) is 4. The molecule has 0 heterocycles. The predicted molar refractivity (Wildman–Crippen MR) is 139 cm³/mol. The number of rotatable bonds is 12. The van der Waals surface area contributed by atoms with Crippen LogP contribution in [0.4, 0.5) is 5.69 Å². The third-order valence-electron chi connectivity index (χ3n) is 5.66. The standard InChI is InChI=1S/C16H17NO2.C12H23NO/c1-12(19)13-2-4-14(5-3-13)15-6-8-16(9-7-15)17-10-11-18;1-6-9(2)7-13-12(5)11(4)10(3)8-14/h2-9,17-18H,10-11H2,1H3;9,11,13-14H,3,5-8H2,1-2,4H3. The van der Waals surface area contributed by atoms with E-state index in [1.807, 2.05) is 55.5 Å². The van der Waals surface area contributed by atoms with Crippen LogP contribution >= 0.6 is 0 Å². The van der Waals surface area contributed by atoms with Crippen molar-refractivity contribution in [3.63, 3.8) is 0 Å². The maximum Gasteiger partial charge on any atom is 0.159 e. The van der Waals surface area contributed by atoms with Crippen LogP contribution < -0.4 is 10.6 Å². The minimum Gasteiger partial charge on any atom is -0.395 e. The normalized spacial score (nSPS) is 12.1. The highest BCUT2D eigenvalue weighted by molar-refractivity contribution is 5.94. The predicted octanol–water partition coefficient (Wildman–Crippen LogP) is 5.28. The lowest BCUT2D eigenvalue weighted by Crippen LogP contribution is -2.24. The molecule has 0 radical (unpaired) electrons. The molecular formula is C28H40N2O3. The summed E-state index contributed by atoms with van der Waals surface area (Å²) in [7, 11) is 0. The summed E-state index contributed by atoms with van der Waals surface area (Å²) in [5.41, 5.74) is 5.66. The molecule has 2 rings (SSSR count). The molecule has 0 aliphatic carbocycles. The molecule has 0 spiro atoms. The Morgan fingerprint density at radius 1 is 0.970 bits per heavy atom. The average Bonchev–Trinajstić information content (AvgIpc) is 2.85. The molecule has 2 unspecified atom stereocenters. The van der Waals surface area contributed by atoms with Crippen LogP contribution in [-0.4, -0.2) is 42.3 Å². The number of carbonyl (C=O) groups is 1. The van der Waals surface area contributed by atoms with Gasteiger partial charge in [-0.2, -0.15) is 0 Å². The van der Waals surface area contributed by atoms with Crippen LogP contribution in [0, 0.1) is 11.8 Å². The molecular weight excluding hydrogens is 412 g/mol. The lowest BCUT2D eigenvalue weighted by atomic mass is 10.00. The Morgan fingerprint density at radius 2 is 1.52 bits per heavy atom. The maximum absolute atomic E-state index is 11.2. The molecule has 4 N–H and O–H groups in total. The van der Waals surface area contributed by atoms with Crippen molar-refractivity contribution in [1.82, 2.24) is 5.32 Å². The molecule has 0 fully saturated rings. The van der Waals surface area contributed by atoms with Crippen molar-refractivity contribution in [2.75, 3.05) is 31.6 Å². The number of carbonyl (C=O) groups excluding carboxylic acids is 1. The summed E-state index contributed by atoms with van der Waals surface area (Å²) in [5, 5.41) is 24.0. The summed E-state index contributed by atoms with van der Waals surface area (Å²) in [4.78, 5) is 11.2. The number of allylic oxidation sites excluding steroid dienone is 1. The van der Waals surface area contributed by atoms with Gasteiger partial charge < -0.3 is 20.8 Å². The molecule has 5 nitrogen and oxygen atoms in total. The van der Waals surface area contributed by atoms with E-state index in [1.165, 1.54) is 0 Å². The molecule has 2 aromatic carbocycles. The van der Waals surface area contributed by atoms with Crippen molar-refractivity contribution < 1.29 is 15.0 Å². The molecule has 0 aromatic heterocycles. The van der Waals surface area contributed by atoms with E-state index in [9.17, 15) is 4.79 Å². The van der Waals surface area contributed by atoms with Gasteiger partial charge in [-0.3, -0.25) is 4.79 Å². The third-order valence-corrected chi connectivity index (χ3v) is 5.66. The molecule has 2 atom stereocenters.